The summed E-state index contributed by atoms with van der Waals surface area (Å²) >= 11 is 0. The quantitative estimate of drug-likeness (QED) is 0.696. The highest BCUT2D eigenvalue weighted by Gasteiger charge is 2.29. The zero-order valence-corrected chi connectivity index (χ0v) is 19.0. The number of rotatable bonds is 6. The van der Waals surface area contributed by atoms with Crippen LogP contribution in [0.1, 0.15) is 66.7 Å². The molecule has 31 heavy (non-hydrogen) atoms. The van der Waals surface area contributed by atoms with Gasteiger partial charge in [0.1, 0.15) is 5.69 Å². The topological polar surface area (TPSA) is 86.8 Å². The van der Waals surface area contributed by atoms with Gasteiger partial charge in [0.2, 0.25) is 11.8 Å². The summed E-state index contributed by atoms with van der Waals surface area (Å²) in [4.78, 5) is 31.0. The van der Waals surface area contributed by atoms with Gasteiger partial charge in [0.15, 0.2) is 12.1 Å². The van der Waals surface area contributed by atoms with Crippen LogP contribution in [-0.4, -0.2) is 37.0 Å². The Morgan fingerprint density at radius 3 is 2.48 bits per heavy atom. The Morgan fingerprint density at radius 2 is 1.90 bits per heavy atom. The van der Waals surface area contributed by atoms with E-state index in [1.165, 1.54) is 7.11 Å². The van der Waals surface area contributed by atoms with Crippen molar-refractivity contribution >= 4 is 17.4 Å². The Hall–Kier alpha value is -2.77. The molecule has 0 spiro atoms. The van der Waals surface area contributed by atoms with Crippen LogP contribution in [0.5, 0.6) is 5.88 Å². The van der Waals surface area contributed by atoms with Gasteiger partial charge in [-0.2, -0.15) is 0 Å². The fourth-order valence-electron chi connectivity index (χ4n) is 3.48. The minimum Gasteiger partial charge on any atom is -0.479 e. The van der Waals surface area contributed by atoms with Crippen molar-refractivity contribution < 1.29 is 23.8 Å². The van der Waals surface area contributed by atoms with Crippen molar-refractivity contribution in [2.75, 3.05) is 25.6 Å². The first-order valence-corrected chi connectivity index (χ1v) is 10.4. The number of nitrogens with zero attached hydrogens (tertiary/aromatic N) is 1. The molecule has 1 aromatic carbocycles. The third-order valence-electron chi connectivity index (χ3n) is 5.21. The van der Waals surface area contributed by atoms with E-state index in [9.17, 15) is 9.59 Å². The number of pyridine rings is 1. The Balaban J connectivity index is 2.14. The van der Waals surface area contributed by atoms with Crippen molar-refractivity contribution in [3.63, 3.8) is 0 Å². The van der Waals surface area contributed by atoms with E-state index in [0.717, 1.165) is 11.1 Å². The first-order valence-electron chi connectivity index (χ1n) is 10.4. The van der Waals surface area contributed by atoms with Crippen LogP contribution >= 0.6 is 0 Å². The van der Waals surface area contributed by atoms with E-state index in [-0.39, 0.29) is 17.6 Å². The Bertz CT molecular complexity index is 988. The van der Waals surface area contributed by atoms with Gasteiger partial charge in [-0.15, -0.1) is 0 Å². The number of hydrogen-bond acceptors (Lipinski definition) is 6. The predicted octanol–water partition coefficient (Wildman–Crippen LogP) is 4.22. The van der Waals surface area contributed by atoms with Gasteiger partial charge in [0.05, 0.1) is 25.9 Å². The molecule has 1 amide bonds. The number of amides is 1. The molecule has 0 aliphatic carbocycles. The van der Waals surface area contributed by atoms with E-state index in [4.69, 9.17) is 14.2 Å². The van der Waals surface area contributed by atoms with Crippen LogP contribution < -0.4 is 10.1 Å². The van der Waals surface area contributed by atoms with Crippen molar-refractivity contribution in [3.05, 3.63) is 52.2 Å². The molecule has 0 unspecified atom stereocenters. The maximum absolute atomic E-state index is 13.7. The summed E-state index contributed by atoms with van der Waals surface area (Å²) in [6, 6.07) is 7.19. The number of ether oxygens (including phenoxy) is 3. The van der Waals surface area contributed by atoms with Gasteiger partial charge in [-0.3, -0.25) is 9.59 Å². The Kier molecular flexibility index (Phi) is 6.77. The SMILES string of the molecule is CCc1c(C)nc(OC)c(NC(=O)C(C)(C)C)c1C(=O)c1cccc(C2OCCO2)c1. The molecule has 7 heteroatoms. The van der Waals surface area contributed by atoms with Crippen LogP contribution in [0.2, 0.25) is 0 Å². The third kappa shape index (κ3) is 4.78. The van der Waals surface area contributed by atoms with E-state index < -0.39 is 11.7 Å². The van der Waals surface area contributed by atoms with E-state index in [2.05, 4.69) is 10.3 Å². The zero-order chi connectivity index (χ0) is 22.8. The van der Waals surface area contributed by atoms with E-state index in [0.29, 0.717) is 42.1 Å². The lowest BCUT2D eigenvalue weighted by Gasteiger charge is -2.23. The molecular weight excluding hydrogens is 396 g/mol. The molecule has 1 saturated heterocycles. The van der Waals surface area contributed by atoms with Gasteiger partial charge in [-0.25, -0.2) is 4.98 Å². The van der Waals surface area contributed by atoms with E-state index >= 15 is 0 Å². The monoisotopic (exact) mass is 426 g/mol. The summed E-state index contributed by atoms with van der Waals surface area (Å²) in [5, 5.41) is 2.90. The molecule has 2 aromatic rings. The Morgan fingerprint density at radius 1 is 1.23 bits per heavy atom. The molecular formula is C24H30N2O5. The number of anilines is 1. The Labute approximate surface area is 183 Å². The molecule has 3 rings (SSSR count). The average Bonchev–Trinajstić information content (AvgIpc) is 3.28. The molecule has 0 atom stereocenters. The maximum atomic E-state index is 13.7. The van der Waals surface area contributed by atoms with Gasteiger partial charge in [0, 0.05) is 22.2 Å². The first kappa shape index (κ1) is 22.9. The highest BCUT2D eigenvalue weighted by atomic mass is 16.7. The molecule has 166 valence electrons. The number of ketones is 1. The minimum atomic E-state index is -0.653. The zero-order valence-electron chi connectivity index (χ0n) is 19.0. The fourth-order valence-corrected chi connectivity index (χ4v) is 3.48. The summed E-state index contributed by atoms with van der Waals surface area (Å²) in [5.74, 6) is -0.229. The summed E-state index contributed by atoms with van der Waals surface area (Å²) in [7, 11) is 1.48. The number of aromatic nitrogens is 1. The number of carbonyl (C=O) groups excluding carboxylic acids is 2. The second kappa shape index (κ2) is 9.16. The fraction of sp³-hybridized carbons (Fsp3) is 0.458. The maximum Gasteiger partial charge on any atom is 0.238 e. The number of benzene rings is 1. The normalized spacial score (nSPS) is 14.5. The standard InChI is InChI=1S/C24H30N2O5/c1-7-17-14(2)25-21(29-6)19(26-23(28)24(3,4)5)18(17)20(27)15-9-8-10-16(13-15)22-30-11-12-31-22/h8-10,13,22H,7,11-12H2,1-6H3,(H,26,28). The van der Waals surface area contributed by atoms with E-state index in [1.54, 1.807) is 18.2 Å². The molecule has 7 nitrogen and oxygen atoms in total. The summed E-state index contributed by atoms with van der Waals surface area (Å²) in [6.45, 7) is 10.3. The summed E-state index contributed by atoms with van der Waals surface area (Å²) in [6.07, 6.45) is 0.101. The van der Waals surface area contributed by atoms with Crippen molar-refractivity contribution in [2.24, 2.45) is 5.41 Å². The smallest absolute Gasteiger partial charge is 0.238 e. The first-order chi connectivity index (χ1) is 14.7. The molecule has 0 bridgehead atoms. The minimum absolute atomic E-state index is 0.217. The molecule has 1 aromatic heterocycles. The van der Waals surface area contributed by atoms with Crippen LogP contribution in [0.3, 0.4) is 0 Å². The van der Waals surface area contributed by atoms with Crippen LogP contribution in [0.4, 0.5) is 5.69 Å². The number of nitrogens with one attached hydrogen (secondary N) is 1. The summed E-state index contributed by atoms with van der Waals surface area (Å²) < 4.78 is 16.6. The molecule has 0 saturated carbocycles. The van der Waals surface area contributed by atoms with Crippen LogP contribution in [-0.2, 0) is 20.7 Å². The molecule has 2 heterocycles. The average molecular weight is 427 g/mol. The number of hydrogen-bond donors (Lipinski definition) is 1. The second-order valence-corrected chi connectivity index (χ2v) is 8.52. The van der Waals surface area contributed by atoms with Crippen molar-refractivity contribution in [1.82, 2.24) is 4.98 Å². The van der Waals surface area contributed by atoms with E-state index in [1.807, 2.05) is 40.7 Å². The highest BCUT2D eigenvalue weighted by molar-refractivity contribution is 6.16. The molecule has 1 aliphatic heterocycles. The molecule has 1 N–H and O–H groups in total. The van der Waals surface area contributed by atoms with Crippen LogP contribution in [0.15, 0.2) is 24.3 Å². The molecule has 0 radical (unpaired) electrons. The van der Waals surface area contributed by atoms with Gasteiger partial charge in [-0.1, -0.05) is 45.9 Å². The number of carbonyl (C=O) groups is 2. The van der Waals surface area contributed by atoms with Gasteiger partial charge >= 0.3 is 0 Å². The largest absolute Gasteiger partial charge is 0.479 e. The summed E-state index contributed by atoms with van der Waals surface area (Å²) in [5.41, 5.74) is 2.76. The number of methoxy groups -OCH3 is 1. The molecule has 1 aliphatic rings. The van der Waals surface area contributed by atoms with Crippen molar-refractivity contribution in [2.45, 2.75) is 47.3 Å². The number of aryl methyl sites for hydroxylation is 1. The van der Waals surface area contributed by atoms with Gasteiger partial charge in [-0.05, 0) is 25.0 Å². The lowest BCUT2D eigenvalue weighted by Crippen LogP contribution is -2.29. The third-order valence-corrected chi connectivity index (χ3v) is 5.21. The second-order valence-electron chi connectivity index (χ2n) is 8.52. The van der Waals surface area contributed by atoms with Crippen LogP contribution in [0.25, 0.3) is 0 Å². The van der Waals surface area contributed by atoms with Crippen molar-refractivity contribution in [3.8, 4) is 5.88 Å². The highest BCUT2D eigenvalue weighted by Crippen LogP contribution is 2.35. The van der Waals surface area contributed by atoms with Gasteiger partial charge < -0.3 is 19.5 Å². The predicted molar refractivity (Wildman–Crippen MR) is 118 cm³/mol. The lowest BCUT2D eigenvalue weighted by atomic mass is 9.92. The molecule has 1 fully saturated rings. The lowest BCUT2D eigenvalue weighted by molar-refractivity contribution is -0.123. The van der Waals surface area contributed by atoms with Crippen LogP contribution in [0, 0.1) is 12.3 Å². The van der Waals surface area contributed by atoms with Crippen molar-refractivity contribution in [1.29, 1.82) is 0 Å². The van der Waals surface area contributed by atoms with Gasteiger partial charge in [0.25, 0.3) is 0 Å².